The van der Waals surface area contributed by atoms with Crippen molar-refractivity contribution in [2.24, 2.45) is 7.05 Å². The Morgan fingerprint density at radius 3 is 2.62 bits per heavy atom. The molecule has 10 nitrogen and oxygen atoms in total. The van der Waals surface area contributed by atoms with E-state index < -0.39 is 17.4 Å². The second kappa shape index (κ2) is 7.60. The highest BCUT2D eigenvalue weighted by atomic mass is 16.5. The van der Waals surface area contributed by atoms with Crippen molar-refractivity contribution < 1.29 is 9.84 Å². The molecule has 0 aliphatic carbocycles. The van der Waals surface area contributed by atoms with Crippen LogP contribution in [0, 0.1) is 0 Å². The van der Waals surface area contributed by atoms with Gasteiger partial charge in [-0.1, -0.05) is 0 Å². The molecule has 0 radical (unpaired) electrons. The van der Waals surface area contributed by atoms with E-state index >= 15 is 0 Å². The fourth-order valence-corrected chi connectivity index (χ4v) is 3.07. The van der Waals surface area contributed by atoms with Crippen LogP contribution in [0.5, 0.6) is 0 Å². The minimum Gasteiger partial charge on any atom is -0.389 e. The number of anilines is 1. The molecule has 3 rings (SSSR count). The molecule has 144 valence electrons. The SMILES string of the molecule is CC(C)OCC(O)Cn1c(N2CCNCC2)nc2c1c(=O)[nH]c(=O)n2C. The summed E-state index contributed by atoms with van der Waals surface area (Å²) in [6, 6.07) is 0. The van der Waals surface area contributed by atoms with Crippen molar-refractivity contribution in [3.8, 4) is 0 Å². The maximum atomic E-state index is 12.4. The van der Waals surface area contributed by atoms with Crippen LogP contribution in [0.2, 0.25) is 0 Å². The molecular weight excluding hydrogens is 340 g/mol. The quantitative estimate of drug-likeness (QED) is 0.577. The minimum absolute atomic E-state index is 0.000968. The van der Waals surface area contributed by atoms with E-state index in [0.717, 1.165) is 26.2 Å². The highest BCUT2D eigenvalue weighted by Gasteiger charge is 2.24. The van der Waals surface area contributed by atoms with Gasteiger partial charge in [0.25, 0.3) is 5.56 Å². The number of nitrogens with zero attached hydrogens (tertiary/aromatic N) is 4. The van der Waals surface area contributed by atoms with Crippen molar-refractivity contribution in [1.82, 2.24) is 24.4 Å². The number of fused-ring (bicyclic) bond motifs is 1. The number of ether oxygens (including phenoxy) is 1. The number of hydrogen-bond donors (Lipinski definition) is 3. The summed E-state index contributed by atoms with van der Waals surface area (Å²) in [4.78, 5) is 33.3. The van der Waals surface area contributed by atoms with Crippen LogP contribution in [-0.4, -0.2) is 69.2 Å². The summed E-state index contributed by atoms with van der Waals surface area (Å²) in [5, 5.41) is 13.7. The Bertz CT molecular complexity index is 877. The van der Waals surface area contributed by atoms with Crippen LogP contribution in [0.25, 0.3) is 11.2 Å². The second-order valence-electron chi connectivity index (χ2n) is 6.79. The van der Waals surface area contributed by atoms with Crippen molar-refractivity contribution in [2.75, 3.05) is 37.7 Å². The van der Waals surface area contributed by atoms with Gasteiger partial charge in [0, 0.05) is 33.2 Å². The third-order valence-corrected chi connectivity index (χ3v) is 4.40. The fraction of sp³-hybridized carbons (Fsp3) is 0.688. The summed E-state index contributed by atoms with van der Waals surface area (Å²) in [7, 11) is 1.57. The Morgan fingerprint density at radius 1 is 1.27 bits per heavy atom. The van der Waals surface area contributed by atoms with Gasteiger partial charge in [-0.05, 0) is 13.8 Å². The molecule has 0 bridgehead atoms. The van der Waals surface area contributed by atoms with Crippen molar-refractivity contribution in [3.05, 3.63) is 20.8 Å². The van der Waals surface area contributed by atoms with Crippen LogP contribution in [0.4, 0.5) is 5.95 Å². The number of aliphatic hydroxyl groups is 1. The van der Waals surface area contributed by atoms with Crippen LogP contribution >= 0.6 is 0 Å². The topological polar surface area (TPSA) is 117 Å². The molecule has 0 spiro atoms. The van der Waals surface area contributed by atoms with Crippen LogP contribution in [0.3, 0.4) is 0 Å². The molecule has 1 aliphatic rings. The van der Waals surface area contributed by atoms with Gasteiger partial charge in [0.1, 0.15) is 0 Å². The molecule has 0 aromatic carbocycles. The number of hydrogen-bond acceptors (Lipinski definition) is 7. The number of aromatic nitrogens is 4. The van der Waals surface area contributed by atoms with E-state index in [1.165, 1.54) is 4.57 Å². The van der Waals surface area contributed by atoms with Crippen LogP contribution in [-0.2, 0) is 18.3 Å². The van der Waals surface area contributed by atoms with E-state index in [1.807, 2.05) is 13.8 Å². The summed E-state index contributed by atoms with van der Waals surface area (Å²) in [6.45, 7) is 7.17. The lowest BCUT2D eigenvalue weighted by atomic mass is 10.3. The van der Waals surface area contributed by atoms with Crippen LogP contribution < -0.4 is 21.5 Å². The summed E-state index contributed by atoms with van der Waals surface area (Å²) < 4.78 is 8.48. The smallest absolute Gasteiger partial charge is 0.329 e. The van der Waals surface area contributed by atoms with Gasteiger partial charge in [-0.3, -0.25) is 14.3 Å². The van der Waals surface area contributed by atoms with Gasteiger partial charge in [-0.25, -0.2) is 4.79 Å². The Labute approximate surface area is 150 Å². The lowest BCUT2D eigenvalue weighted by Gasteiger charge is -2.29. The van der Waals surface area contributed by atoms with E-state index in [4.69, 9.17) is 4.74 Å². The number of aryl methyl sites for hydroxylation is 1. The van der Waals surface area contributed by atoms with Gasteiger partial charge in [0.2, 0.25) is 5.95 Å². The molecule has 0 amide bonds. The van der Waals surface area contributed by atoms with E-state index in [-0.39, 0.29) is 24.8 Å². The first kappa shape index (κ1) is 18.6. The van der Waals surface area contributed by atoms with Gasteiger partial charge in [-0.15, -0.1) is 0 Å². The summed E-state index contributed by atoms with van der Waals surface area (Å²) >= 11 is 0. The first-order valence-corrected chi connectivity index (χ1v) is 8.83. The van der Waals surface area contributed by atoms with Gasteiger partial charge in [-0.2, -0.15) is 4.98 Å². The Balaban J connectivity index is 2.06. The molecule has 26 heavy (non-hydrogen) atoms. The number of H-pyrrole nitrogens is 1. The maximum absolute atomic E-state index is 12.4. The van der Waals surface area contributed by atoms with Gasteiger partial charge in [0.05, 0.1) is 25.4 Å². The highest BCUT2D eigenvalue weighted by molar-refractivity contribution is 5.74. The highest BCUT2D eigenvalue weighted by Crippen LogP contribution is 2.20. The summed E-state index contributed by atoms with van der Waals surface area (Å²) in [6.07, 6.45) is -0.797. The zero-order valence-corrected chi connectivity index (χ0v) is 15.4. The predicted molar refractivity (Wildman–Crippen MR) is 97.8 cm³/mol. The maximum Gasteiger partial charge on any atom is 0.329 e. The molecule has 1 aliphatic heterocycles. The Hall–Kier alpha value is -2.17. The molecule has 2 aromatic heterocycles. The molecule has 2 aromatic rings. The van der Waals surface area contributed by atoms with Crippen molar-refractivity contribution in [3.63, 3.8) is 0 Å². The molecule has 1 fully saturated rings. The molecule has 1 atom stereocenters. The Kier molecular flexibility index (Phi) is 5.44. The van der Waals surface area contributed by atoms with Crippen molar-refractivity contribution in [1.29, 1.82) is 0 Å². The first-order valence-electron chi connectivity index (χ1n) is 8.83. The van der Waals surface area contributed by atoms with E-state index in [1.54, 1.807) is 11.6 Å². The number of rotatable bonds is 6. The lowest BCUT2D eigenvalue weighted by Crippen LogP contribution is -2.45. The monoisotopic (exact) mass is 366 g/mol. The summed E-state index contributed by atoms with van der Waals surface area (Å²) in [5.41, 5.74) is -0.426. The predicted octanol–water partition coefficient (Wildman–Crippen LogP) is -1.38. The zero-order valence-electron chi connectivity index (χ0n) is 15.4. The molecule has 1 unspecified atom stereocenters. The first-order chi connectivity index (χ1) is 12.4. The van der Waals surface area contributed by atoms with Crippen LogP contribution in [0.15, 0.2) is 9.59 Å². The molecular formula is C16H26N6O4. The average Bonchev–Trinajstić information content (AvgIpc) is 2.98. The zero-order chi connectivity index (χ0) is 18.8. The molecule has 1 saturated heterocycles. The fourth-order valence-electron chi connectivity index (χ4n) is 3.07. The number of imidazole rings is 1. The van der Waals surface area contributed by atoms with E-state index in [0.29, 0.717) is 11.6 Å². The number of aliphatic hydroxyl groups excluding tert-OH is 1. The van der Waals surface area contributed by atoms with E-state index in [2.05, 4.69) is 20.2 Å². The molecule has 3 heterocycles. The van der Waals surface area contributed by atoms with Gasteiger partial charge < -0.3 is 24.6 Å². The number of nitrogens with one attached hydrogen (secondary N) is 2. The van der Waals surface area contributed by atoms with Crippen LogP contribution in [0.1, 0.15) is 13.8 Å². The molecule has 10 heteroatoms. The standard InChI is InChI=1S/C16H26N6O4/c1-10(2)26-9-11(23)8-22-12-13(20(3)16(25)19-14(12)24)18-15(22)21-6-4-17-5-7-21/h10-11,17,23H,4-9H2,1-3H3,(H,19,24,25). The third-order valence-electron chi connectivity index (χ3n) is 4.40. The minimum atomic E-state index is -0.798. The van der Waals surface area contributed by atoms with Crippen molar-refractivity contribution in [2.45, 2.75) is 32.6 Å². The summed E-state index contributed by atoms with van der Waals surface area (Å²) in [5.74, 6) is 0.580. The number of piperazine rings is 1. The average molecular weight is 366 g/mol. The lowest BCUT2D eigenvalue weighted by molar-refractivity contribution is -0.000182. The molecule has 0 saturated carbocycles. The largest absolute Gasteiger partial charge is 0.389 e. The van der Waals surface area contributed by atoms with Crippen molar-refractivity contribution >= 4 is 17.1 Å². The Morgan fingerprint density at radius 2 is 1.96 bits per heavy atom. The normalized spacial score (nSPS) is 16.6. The van der Waals surface area contributed by atoms with E-state index in [9.17, 15) is 14.7 Å². The third kappa shape index (κ3) is 3.67. The van der Waals surface area contributed by atoms with Gasteiger partial charge in [0.15, 0.2) is 11.2 Å². The second-order valence-corrected chi connectivity index (χ2v) is 6.79. The number of aromatic amines is 1. The molecule has 3 N–H and O–H groups in total. The van der Waals surface area contributed by atoms with Gasteiger partial charge >= 0.3 is 5.69 Å².